The predicted octanol–water partition coefficient (Wildman–Crippen LogP) is 3.36. The van der Waals surface area contributed by atoms with Crippen LogP contribution < -0.4 is 0 Å². The summed E-state index contributed by atoms with van der Waals surface area (Å²) in [5.41, 5.74) is 2.19. The summed E-state index contributed by atoms with van der Waals surface area (Å²) in [5.74, 6) is 0.663. The molecule has 0 aliphatic carbocycles. The molecule has 4 nitrogen and oxygen atoms in total. The first-order chi connectivity index (χ1) is 11.7. The first-order valence-corrected chi connectivity index (χ1v) is 8.61. The Bertz CT molecular complexity index is 624. The van der Waals surface area contributed by atoms with Gasteiger partial charge in [-0.25, -0.2) is 14.4 Å². The third-order valence-corrected chi connectivity index (χ3v) is 4.29. The van der Waals surface area contributed by atoms with Gasteiger partial charge in [-0.2, -0.15) is 0 Å². The van der Waals surface area contributed by atoms with Crippen molar-refractivity contribution in [3.8, 4) is 0 Å². The van der Waals surface area contributed by atoms with Crippen molar-refractivity contribution in [3.05, 3.63) is 59.4 Å². The Labute approximate surface area is 142 Å². The Morgan fingerprint density at radius 2 is 1.83 bits per heavy atom. The van der Waals surface area contributed by atoms with Crippen LogP contribution in [0.15, 0.2) is 36.7 Å². The van der Waals surface area contributed by atoms with Crippen molar-refractivity contribution in [2.45, 2.75) is 45.4 Å². The molecule has 2 heterocycles. The molecule has 1 aliphatic heterocycles. The van der Waals surface area contributed by atoms with E-state index >= 15 is 0 Å². The summed E-state index contributed by atoms with van der Waals surface area (Å²) in [5, 5.41) is 0. The second-order valence-corrected chi connectivity index (χ2v) is 6.29. The van der Waals surface area contributed by atoms with Gasteiger partial charge in [-0.05, 0) is 30.5 Å². The average Bonchev–Trinajstić information content (AvgIpc) is 3.10. The molecule has 3 rings (SSSR count). The number of nitrogens with zero attached hydrogens (tertiary/aromatic N) is 3. The minimum Gasteiger partial charge on any atom is -0.377 e. The summed E-state index contributed by atoms with van der Waals surface area (Å²) >= 11 is 0. The van der Waals surface area contributed by atoms with E-state index in [0.29, 0.717) is 0 Å². The molecule has 5 heteroatoms. The number of halogens is 1. The third-order valence-electron chi connectivity index (χ3n) is 4.29. The second-order valence-electron chi connectivity index (χ2n) is 6.29. The van der Waals surface area contributed by atoms with E-state index in [2.05, 4.69) is 14.9 Å². The first kappa shape index (κ1) is 17.0. The van der Waals surface area contributed by atoms with E-state index in [9.17, 15) is 4.39 Å². The maximum absolute atomic E-state index is 13.1. The highest BCUT2D eigenvalue weighted by Crippen LogP contribution is 2.17. The van der Waals surface area contributed by atoms with Crippen LogP contribution in [-0.2, 0) is 24.2 Å². The smallest absolute Gasteiger partial charge is 0.127 e. The highest BCUT2D eigenvalue weighted by molar-refractivity contribution is 5.16. The van der Waals surface area contributed by atoms with Crippen LogP contribution in [0.1, 0.15) is 36.7 Å². The van der Waals surface area contributed by atoms with Gasteiger partial charge in [-0.1, -0.05) is 19.1 Å². The Morgan fingerprint density at radius 3 is 2.46 bits per heavy atom. The molecule has 0 N–H and O–H groups in total. The molecule has 0 radical (unpaired) electrons. The van der Waals surface area contributed by atoms with Crippen molar-refractivity contribution in [3.63, 3.8) is 0 Å². The molecule has 128 valence electrons. The Balaban J connectivity index is 1.68. The van der Waals surface area contributed by atoms with Gasteiger partial charge >= 0.3 is 0 Å². The number of benzene rings is 1. The predicted molar refractivity (Wildman–Crippen MR) is 90.9 cm³/mol. The molecular weight excluding hydrogens is 305 g/mol. The van der Waals surface area contributed by atoms with Gasteiger partial charge in [0, 0.05) is 50.6 Å². The molecule has 1 fully saturated rings. The zero-order valence-electron chi connectivity index (χ0n) is 14.1. The summed E-state index contributed by atoms with van der Waals surface area (Å²) in [6, 6.07) is 6.71. The zero-order valence-corrected chi connectivity index (χ0v) is 14.1. The molecule has 0 spiro atoms. The maximum Gasteiger partial charge on any atom is 0.127 e. The van der Waals surface area contributed by atoms with E-state index in [4.69, 9.17) is 4.74 Å². The summed E-state index contributed by atoms with van der Waals surface area (Å²) in [4.78, 5) is 11.1. The van der Waals surface area contributed by atoms with Gasteiger partial charge in [-0.3, -0.25) is 4.90 Å². The lowest BCUT2D eigenvalue weighted by Crippen LogP contribution is -2.31. The average molecular weight is 329 g/mol. The second kappa shape index (κ2) is 8.31. The van der Waals surface area contributed by atoms with Gasteiger partial charge in [0.1, 0.15) is 11.6 Å². The van der Waals surface area contributed by atoms with E-state index in [1.807, 2.05) is 31.5 Å². The van der Waals surface area contributed by atoms with Gasteiger partial charge in [0.25, 0.3) is 0 Å². The van der Waals surface area contributed by atoms with E-state index in [0.717, 1.165) is 62.5 Å². The maximum atomic E-state index is 13.1. The number of hydrogen-bond acceptors (Lipinski definition) is 4. The quantitative estimate of drug-likeness (QED) is 0.781. The Hall–Kier alpha value is -1.85. The minimum absolute atomic E-state index is 0.201. The first-order valence-electron chi connectivity index (χ1n) is 8.61. The van der Waals surface area contributed by atoms with Gasteiger partial charge in [0.05, 0.1) is 6.10 Å². The van der Waals surface area contributed by atoms with Crippen LogP contribution in [0.25, 0.3) is 0 Å². The zero-order chi connectivity index (χ0) is 16.8. The highest BCUT2D eigenvalue weighted by Gasteiger charge is 2.20. The van der Waals surface area contributed by atoms with Gasteiger partial charge in [0.15, 0.2) is 0 Å². The van der Waals surface area contributed by atoms with Crippen molar-refractivity contribution in [1.82, 2.24) is 14.9 Å². The van der Waals surface area contributed by atoms with E-state index in [1.54, 1.807) is 0 Å². The molecule has 2 aromatic rings. The van der Waals surface area contributed by atoms with Crippen molar-refractivity contribution in [2.24, 2.45) is 0 Å². The van der Waals surface area contributed by atoms with Crippen molar-refractivity contribution < 1.29 is 9.13 Å². The summed E-state index contributed by atoms with van der Waals surface area (Å²) in [6.45, 7) is 5.29. The molecule has 1 atom stereocenters. The fourth-order valence-corrected chi connectivity index (χ4v) is 3.01. The van der Waals surface area contributed by atoms with E-state index < -0.39 is 0 Å². The molecule has 1 aliphatic rings. The lowest BCUT2D eigenvalue weighted by atomic mass is 10.1. The minimum atomic E-state index is -0.201. The standard InChI is InChI=1S/C19H24FN3O/c1-2-19-21-10-16(11-22-19)13-23(14-18-4-3-9-24-18)12-15-5-7-17(20)8-6-15/h5-8,10-11,18H,2-4,9,12-14H2,1H3/t18-/m1/s1. The van der Waals surface area contributed by atoms with Crippen LogP contribution in [0, 0.1) is 5.82 Å². The molecule has 1 aromatic heterocycles. The summed E-state index contributed by atoms with van der Waals surface area (Å²) in [6.07, 6.45) is 7.16. The van der Waals surface area contributed by atoms with Crippen LogP contribution in [0.5, 0.6) is 0 Å². The molecule has 0 unspecified atom stereocenters. The van der Waals surface area contributed by atoms with E-state index in [1.165, 1.54) is 12.1 Å². The van der Waals surface area contributed by atoms with Crippen LogP contribution in [-0.4, -0.2) is 34.1 Å². The van der Waals surface area contributed by atoms with Crippen molar-refractivity contribution in [1.29, 1.82) is 0 Å². The topological polar surface area (TPSA) is 38.2 Å². The van der Waals surface area contributed by atoms with E-state index in [-0.39, 0.29) is 11.9 Å². The fourth-order valence-electron chi connectivity index (χ4n) is 3.01. The van der Waals surface area contributed by atoms with Crippen LogP contribution in [0.4, 0.5) is 4.39 Å². The molecule has 0 bridgehead atoms. The monoisotopic (exact) mass is 329 g/mol. The highest BCUT2D eigenvalue weighted by atomic mass is 19.1. The molecule has 0 amide bonds. The van der Waals surface area contributed by atoms with Gasteiger partial charge < -0.3 is 4.74 Å². The largest absolute Gasteiger partial charge is 0.377 e. The molecule has 1 aromatic carbocycles. The number of ether oxygens (including phenoxy) is 1. The van der Waals surface area contributed by atoms with Gasteiger partial charge in [0.2, 0.25) is 0 Å². The van der Waals surface area contributed by atoms with Gasteiger partial charge in [-0.15, -0.1) is 0 Å². The summed E-state index contributed by atoms with van der Waals surface area (Å²) in [7, 11) is 0. The lowest BCUT2D eigenvalue weighted by molar-refractivity contribution is 0.0678. The third kappa shape index (κ3) is 4.82. The molecule has 1 saturated heterocycles. The molecule has 24 heavy (non-hydrogen) atoms. The number of aromatic nitrogens is 2. The fraction of sp³-hybridized carbons (Fsp3) is 0.474. The van der Waals surface area contributed by atoms with Crippen LogP contribution >= 0.6 is 0 Å². The SMILES string of the molecule is CCc1ncc(CN(Cc2ccc(F)cc2)C[C@H]2CCCO2)cn1. The van der Waals surface area contributed by atoms with Crippen molar-refractivity contribution in [2.75, 3.05) is 13.2 Å². The Morgan fingerprint density at radius 1 is 1.12 bits per heavy atom. The number of rotatable bonds is 7. The lowest BCUT2D eigenvalue weighted by Gasteiger charge is -2.25. The van der Waals surface area contributed by atoms with Crippen molar-refractivity contribution >= 4 is 0 Å². The molecule has 0 saturated carbocycles. The molecular formula is C19H24FN3O. The normalized spacial score (nSPS) is 17.5. The summed E-state index contributed by atoms with van der Waals surface area (Å²) < 4.78 is 18.9. The van der Waals surface area contributed by atoms with Crippen LogP contribution in [0.2, 0.25) is 0 Å². The number of aryl methyl sites for hydroxylation is 1. The number of hydrogen-bond donors (Lipinski definition) is 0. The van der Waals surface area contributed by atoms with Crippen LogP contribution in [0.3, 0.4) is 0 Å². The Kier molecular flexibility index (Phi) is 5.88.